The third-order valence-electron chi connectivity index (χ3n) is 3.86. The van der Waals surface area contributed by atoms with Crippen molar-refractivity contribution in [3.05, 3.63) is 48.4 Å². The van der Waals surface area contributed by atoms with E-state index in [0.29, 0.717) is 5.82 Å². The van der Waals surface area contributed by atoms with E-state index in [9.17, 15) is 8.78 Å². The molecule has 0 unspecified atom stereocenters. The van der Waals surface area contributed by atoms with Gasteiger partial charge >= 0.3 is 0 Å². The molecule has 1 aromatic carbocycles. The lowest BCUT2D eigenvalue weighted by Crippen LogP contribution is -2.25. The largest absolute Gasteiger partial charge is 0.334 e. The number of anilines is 2. The van der Waals surface area contributed by atoms with E-state index in [4.69, 9.17) is 0 Å². The smallest absolute Gasteiger partial charge is 0.256 e. The second-order valence-corrected chi connectivity index (χ2v) is 5.37. The zero-order chi connectivity index (χ0) is 16.4. The summed E-state index contributed by atoms with van der Waals surface area (Å²) in [5, 5.41) is 0. The minimum Gasteiger partial charge on any atom is -0.334 e. The number of hydrogen-bond donors (Lipinski definition) is 0. The van der Waals surface area contributed by atoms with Crippen molar-refractivity contribution >= 4 is 22.5 Å². The van der Waals surface area contributed by atoms with Gasteiger partial charge in [-0.3, -0.25) is 0 Å². The van der Waals surface area contributed by atoms with Crippen molar-refractivity contribution in [1.29, 1.82) is 0 Å². The van der Waals surface area contributed by atoms with E-state index < -0.39 is 13.0 Å². The molecule has 120 valence electrons. The number of imidazole rings is 1. The van der Waals surface area contributed by atoms with Crippen molar-refractivity contribution < 1.29 is 8.78 Å². The highest BCUT2D eigenvalue weighted by atomic mass is 19.3. The Morgan fingerprint density at radius 2 is 2.00 bits per heavy atom. The second kappa shape index (κ2) is 6.32. The van der Waals surface area contributed by atoms with E-state index in [1.807, 2.05) is 42.8 Å². The number of benzene rings is 1. The number of alkyl halides is 2. The standard InChI is InChI=1S/C17H18F2N4/c1-3-12-6-4-5-7-14(12)23(10-16(18)19)17-8-15-13(9-20-17)21-11-22(15)2/h4-9,11,16H,3,10H2,1-2H3. The maximum absolute atomic E-state index is 13.1. The fourth-order valence-corrected chi connectivity index (χ4v) is 2.69. The van der Waals surface area contributed by atoms with Crippen LogP contribution in [0.2, 0.25) is 0 Å². The molecule has 6 heteroatoms. The zero-order valence-electron chi connectivity index (χ0n) is 13.1. The normalized spacial score (nSPS) is 11.3. The van der Waals surface area contributed by atoms with Crippen LogP contribution in [0, 0.1) is 0 Å². The predicted octanol–water partition coefficient (Wildman–Crippen LogP) is 3.93. The van der Waals surface area contributed by atoms with Crippen LogP contribution in [0.15, 0.2) is 42.9 Å². The Morgan fingerprint density at radius 3 is 2.74 bits per heavy atom. The quantitative estimate of drug-likeness (QED) is 0.715. The summed E-state index contributed by atoms with van der Waals surface area (Å²) in [6, 6.07) is 9.39. The van der Waals surface area contributed by atoms with E-state index in [1.54, 1.807) is 23.5 Å². The molecule has 0 N–H and O–H groups in total. The Kier molecular flexibility index (Phi) is 4.23. The van der Waals surface area contributed by atoms with E-state index in [-0.39, 0.29) is 0 Å². The first-order valence-electron chi connectivity index (χ1n) is 7.50. The van der Waals surface area contributed by atoms with Crippen LogP contribution in [-0.2, 0) is 13.5 Å². The molecule has 0 atom stereocenters. The van der Waals surface area contributed by atoms with Gasteiger partial charge in [0.25, 0.3) is 6.43 Å². The molecule has 0 saturated heterocycles. The number of hydrogen-bond acceptors (Lipinski definition) is 3. The minimum absolute atomic E-state index is 0.395. The molecule has 2 aromatic heterocycles. The van der Waals surface area contributed by atoms with Crippen LogP contribution in [0.5, 0.6) is 0 Å². The number of rotatable bonds is 5. The number of fused-ring (bicyclic) bond motifs is 1. The van der Waals surface area contributed by atoms with Crippen LogP contribution < -0.4 is 4.90 Å². The van der Waals surface area contributed by atoms with Crippen molar-refractivity contribution in [2.45, 2.75) is 19.8 Å². The second-order valence-electron chi connectivity index (χ2n) is 5.37. The van der Waals surface area contributed by atoms with Gasteiger partial charge in [-0.15, -0.1) is 0 Å². The number of aromatic nitrogens is 3. The molecule has 0 radical (unpaired) electrons. The van der Waals surface area contributed by atoms with Crippen LogP contribution in [0.25, 0.3) is 11.0 Å². The maximum Gasteiger partial charge on any atom is 0.256 e. The first-order valence-corrected chi connectivity index (χ1v) is 7.50. The van der Waals surface area contributed by atoms with Crippen LogP contribution in [0.3, 0.4) is 0 Å². The Hall–Kier alpha value is -2.50. The van der Waals surface area contributed by atoms with E-state index in [1.165, 1.54) is 0 Å². The van der Waals surface area contributed by atoms with Gasteiger partial charge in [-0.1, -0.05) is 25.1 Å². The van der Waals surface area contributed by atoms with Crippen molar-refractivity contribution in [2.24, 2.45) is 7.05 Å². The Morgan fingerprint density at radius 1 is 1.22 bits per heavy atom. The van der Waals surface area contributed by atoms with Gasteiger partial charge in [-0.25, -0.2) is 18.7 Å². The summed E-state index contributed by atoms with van der Waals surface area (Å²) in [7, 11) is 1.87. The minimum atomic E-state index is -2.45. The number of aryl methyl sites for hydroxylation is 2. The molecular formula is C17H18F2N4. The monoisotopic (exact) mass is 316 g/mol. The molecule has 0 saturated carbocycles. The van der Waals surface area contributed by atoms with Crippen LogP contribution >= 0.6 is 0 Å². The summed E-state index contributed by atoms with van der Waals surface area (Å²) in [6.45, 7) is 1.62. The molecule has 0 amide bonds. The number of nitrogens with zero attached hydrogens (tertiary/aromatic N) is 4. The number of para-hydroxylation sites is 1. The van der Waals surface area contributed by atoms with Crippen molar-refractivity contribution in [3.8, 4) is 0 Å². The molecule has 0 fully saturated rings. The molecule has 0 aliphatic rings. The highest BCUT2D eigenvalue weighted by Gasteiger charge is 2.19. The molecular weight excluding hydrogens is 298 g/mol. The fraction of sp³-hybridized carbons (Fsp3) is 0.294. The summed E-state index contributed by atoms with van der Waals surface area (Å²) in [5.74, 6) is 0.502. The lowest BCUT2D eigenvalue weighted by atomic mass is 10.1. The predicted molar refractivity (Wildman–Crippen MR) is 87.3 cm³/mol. The molecule has 3 rings (SSSR count). The molecule has 0 aliphatic carbocycles. The third-order valence-corrected chi connectivity index (χ3v) is 3.86. The van der Waals surface area contributed by atoms with Gasteiger partial charge in [0.2, 0.25) is 0 Å². The van der Waals surface area contributed by atoms with Crippen molar-refractivity contribution in [2.75, 3.05) is 11.4 Å². The van der Waals surface area contributed by atoms with Crippen molar-refractivity contribution in [3.63, 3.8) is 0 Å². The molecule has 0 aliphatic heterocycles. The lowest BCUT2D eigenvalue weighted by Gasteiger charge is -2.25. The van der Waals surface area contributed by atoms with E-state index in [2.05, 4.69) is 9.97 Å². The summed E-state index contributed by atoms with van der Waals surface area (Å²) in [5.41, 5.74) is 3.39. The maximum atomic E-state index is 13.1. The first kappa shape index (κ1) is 15.4. The zero-order valence-corrected chi connectivity index (χ0v) is 13.1. The lowest BCUT2D eigenvalue weighted by molar-refractivity contribution is 0.157. The average Bonchev–Trinajstić information content (AvgIpc) is 2.93. The Labute approximate surface area is 133 Å². The van der Waals surface area contributed by atoms with E-state index >= 15 is 0 Å². The van der Waals surface area contributed by atoms with Gasteiger partial charge in [0.1, 0.15) is 11.3 Å². The number of pyridine rings is 1. The van der Waals surface area contributed by atoms with Gasteiger partial charge in [-0.2, -0.15) is 0 Å². The third kappa shape index (κ3) is 3.02. The average molecular weight is 316 g/mol. The van der Waals surface area contributed by atoms with Gasteiger partial charge in [-0.05, 0) is 18.1 Å². The fourth-order valence-electron chi connectivity index (χ4n) is 2.69. The molecule has 2 heterocycles. The van der Waals surface area contributed by atoms with Crippen LogP contribution in [-0.4, -0.2) is 27.5 Å². The molecule has 23 heavy (non-hydrogen) atoms. The molecule has 4 nitrogen and oxygen atoms in total. The topological polar surface area (TPSA) is 34.0 Å². The SMILES string of the molecule is CCc1ccccc1N(CC(F)F)c1cc2c(cn1)ncn2C. The Bertz CT molecular complexity index is 813. The van der Waals surface area contributed by atoms with Gasteiger partial charge < -0.3 is 9.47 Å². The highest BCUT2D eigenvalue weighted by Crippen LogP contribution is 2.30. The van der Waals surface area contributed by atoms with Crippen LogP contribution in [0.1, 0.15) is 12.5 Å². The summed E-state index contributed by atoms with van der Waals surface area (Å²) < 4.78 is 28.1. The van der Waals surface area contributed by atoms with Gasteiger partial charge in [0.15, 0.2) is 0 Å². The number of halogens is 2. The molecule has 0 bridgehead atoms. The Balaban J connectivity index is 2.12. The van der Waals surface area contributed by atoms with Gasteiger partial charge in [0.05, 0.1) is 24.6 Å². The highest BCUT2D eigenvalue weighted by molar-refractivity contribution is 5.79. The molecule has 0 spiro atoms. The summed E-state index contributed by atoms with van der Waals surface area (Å²) >= 11 is 0. The summed E-state index contributed by atoms with van der Waals surface area (Å²) in [4.78, 5) is 10.1. The van der Waals surface area contributed by atoms with Crippen LogP contribution in [0.4, 0.5) is 20.3 Å². The summed E-state index contributed by atoms with van der Waals surface area (Å²) in [6.07, 6.45) is 1.62. The van der Waals surface area contributed by atoms with E-state index in [0.717, 1.165) is 28.7 Å². The first-order chi connectivity index (χ1) is 11.1. The molecule has 3 aromatic rings. The van der Waals surface area contributed by atoms with Gasteiger partial charge in [0, 0.05) is 18.8 Å². The van der Waals surface area contributed by atoms with Crippen molar-refractivity contribution in [1.82, 2.24) is 14.5 Å².